The third-order valence-corrected chi connectivity index (χ3v) is 14.0. The molecule has 0 heterocycles. The van der Waals surface area contributed by atoms with Gasteiger partial charge in [0.2, 0.25) is 5.91 Å². The molecule has 0 aliphatic carbocycles. The van der Waals surface area contributed by atoms with E-state index >= 15 is 0 Å². The van der Waals surface area contributed by atoms with E-state index in [1.807, 2.05) is 0 Å². The number of nitrogens with zero attached hydrogens (tertiary/aromatic N) is 2. The maximum atomic E-state index is 14.2. The second-order valence-electron chi connectivity index (χ2n) is 21.3. The number of unbranched alkanes of at least 4 members (excludes halogenated alkanes) is 20. The SMILES string of the molecule is CCCCCCC(CCC)OC(=O)CCC(=O)N(CCCCCCN(C)C)C(COC(=O)CCCCCCCCC(=O)OC(CC)CCCCC)COC(=O)CCCCCCCCC(=O)OC(CC)CCCCC. The Balaban J connectivity index is 5.52. The second-order valence-corrected chi connectivity index (χ2v) is 21.3. The van der Waals surface area contributed by atoms with E-state index in [0.29, 0.717) is 32.2 Å². The van der Waals surface area contributed by atoms with Gasteiger partial charge in [0.15, 0.2) is 0 Å². The fraction of sp³-hybridized carbons (Fsp3) is 0.902. The summed E-state index contributed by atoms with van der Waals surface area (Å²) in [5.41, 5.74) is 0. The Morgan fingerprint density at radius 3 is 1.12 bits per heavy atom. The lowest BCUT2D eigenvalue weighted by molar-refractivity contribution is -0.155. The van der Waals surface area contributed by atoms with Crippen molar-refractivity contribution in [2.75, 3.05) is 40.4 Å². The van der Waals surface area contributed by atoms with Crippen LogP contribution in [0.3, 0.4) is 0 Å². The summed E-state index contributed by atoms with van der Waals surface area (Å²) in [5, 5.41) is 0. The van der Waals surface area contributed by atoms with Gasteiger partial charge >= 0.3 is 29.8 Å². The van der Waals surface area contributed by atoms with Gasteiger partial charge in [0.1, 0.15) is 31.5 Å². The van der Waals surface area contributed by atoms with Crippen molar-refractivity contribution in [1.82, 2.24) is 9.80 Å². The largest absolute Gasteiger partial charge is 0.463 e. The standard InChI is InChI=1S/C61H114N2O11/c1-9-15-18-31-41-55(38-12-4)74-61(69)47-46-56(64)63(49-37-28-27-36-48-62(7)8)52(50-70-57(65)42-32-23-19-21-25-34-44-59(67)72-53(13-5)39-29-16-10-2)51-71-58(66)43-33-24-20-22-26-35-45-60(68)73-54(14-6)40-30-17-11-3/h52-55H,9-51H2,1-8H3. The minimum atomic E-state index is -0.703. The van der Waals surface area contributed by atoms with E-state index in [-0.39, 0.29) is 93.0 Å². The lowest BCUT2D eigenvalue weighted by atomic mass is 10.1. The number of hydrogen-bond acceptors (Lipinski definition) is 12. The molecule has 13 heteroatoms. The molecule has 0 bridgehead atoms. The van der Waals surface area contributed by atoms with Crippen molar-refractivity contribution in [1.29, 1.82) is 0 Å². The summed E-state index contributed by atoms with van der Waals surface area (Å²) in [6, 6.07) is -0.703. The van der Waals surface area contributed by atoms with Crippen LogP contribution in [0.5, 0.6) is 0 Å². The van der Waals surface area contributed by atoms with E-state index in [0.717, 1.165) is 206 Å². The van der Waals surface area contributed by atoms with Gasteiger partial charge in [-0.05, 0) is 117 Å². The lowest BCUT2D eigenvalue weighted by Crippen LogP contribution is -2.47. The Bertz CT molecular complexity index is 1330. The van der Waals surface area contributed by atoms with Crippen LogP contribution in [0.4, 0.5) is 0 Å². The first-order chi connectivity index (χ1) is 35.8. The summed E-state index contributed by atoms with van der Waals surface area (Å²) in [5.74, 6) is -1.57. The zero-order valence-corrected chi connectivity index (χ0v) is 49.1. The van der Waals surface area contributed by atoms with Gasteiger partial charge in [-0.2, -0.15) is 0 Å². The Hall–Kier alpha value is -3.22. The highest BCUT2D eigenvalue weighted by Gasteiger charge is 2.28. The molecule has 0 rings (SSSR count). The average molecular weight is 1050 g/mol. The van der Waals surface area contributed by atoms with Crippen LogP contribution in [0.1, 0.15) is 292 Å². The van der Waals surface area contributed by atoms with E-state index in [9.17, 15) is 28.8 Å². The van der Waals surface area contributed by atoms with Gasteiger partial charge in [0.25, 0.3) is 0 Å². The van der Waals surface area contributed by atoms with Crippen LogP contribution in [-0.4, -0.2) is 110 Å². The molecule has 0 saturated carbocycles. The number of esters is 5. The smallest absolute Gasteiger partial charge is 0.306 e. The minimum Gasteiger partial charge on any atom is -0.463 e. The molecule has 0 saturated heterocycles. The molecule has 74 heavy (non-hydrogen) atoms. The number of ether oxygens (including phenoxy) is 5. The summed E-state index contributed by atoms with van der Waals surface area (Å²) >= 11 is 0. The Morgan fingerprint density at radius 2 is 0.689 bits per heavy atom. The highest BCUT2D eigenvalue weighted by molar-refractivity contribution is 5.82. The van der Waals surface area contributed by atoms with Gasteiger partial charge in [-0.25, -0.2) is 0 Å². The third kappa shape index (κ3) is 42.9. The number of carbonyl (C=O) groups excluding carboxylic acids is 6. The Labute approximate surface area is 453 Å². The molecule has 13 nitrogen and oxygen atoms in total. The minimum absolute atomic E-state index is 0.0155. The topological polar surface area (TPSA) is 155 Å². The fourth-order valence-corrected chi connectivity index (χ4v) is 9.22. The summed E-state index contributed by atoms with van der Waals surface area (Å²) in [4.78, 5) is 82.3. The predicted octanol–water partition coefficient (Wildman–Crippen LogP) is 14.9. The molecule has 0 aliphatic heterocycles. The Kier molecular flexibility index (Phi) is 48.4. The van der Waals surface area contributed by atoms with Crippen molar-refractivity contribution < 1.29 is 52.5 Å². The van der Waals surface area contributed by atoms with Gasteiger partial charge in [-0.15, -0.1) is 0 Å². The average Bonchev–Trinajstić information content (AvgIpc) is 3.37. The van der Waals surface area contributed by atoms with Crippen LogP contribution in [0, 0.1) is 0 Å². The molecule has 0 aromatic rings. The molecule has 434 valence electrons. The lowest BCUT2D eigenvalue weighted by Gasteiger charge is -2.31. The zero-order chi connectivity index (χ0) is 54.9. The maximum absolute atomic E-state index is 14.2. The van der Waals surface area contributed by atoms with Crippen LogP contribution in [-0.2, 0) is 52.5 Å². The van der Waals surface area contributed by atoms with Crippen molar-refractivity contribution >= 4 is 35.8 Å². The van der Waals surface area contributed by atoms with Crippen molar-refractivity contribution in [3.8, 4) is 0 Å². The second kappa shape index (κ2) is 50.6. The van der Waals surface area contributed by atoms with Gasteiger partial charge in [0, 0.05) is 38.6 Å². The summed E-state index contributed by atoms with van der Waals surface area (Å²) in [6.45, 7) is 13.9. The van der Waals surface area contributed by atoms with Crippen molar-refractivity contribution in [2.45, 2.75) is 316 Å². The van der Waals surface area contributed by atoms with Gasteiger partial charge in [0.05, 0.1) is 12.5 Å². The number of amides is 1. The van der Waals surface area contributed by atoms with E-state index in [1.54, 1.807) is 4.90 Å². The Morgan fingerprint density at radius 1 is 0.338 bits per heavy atom. The molecule has 0 spiro atoms. The van der Waals surface area contributed by atoms with Crippen molar-refractivity contribution in [2.24, 2.45) is 0 Å². The molecule has 0 radical (unpaired) electrons. The van der Waals surface area contributed by atoms with E-state index < -0.39 is 6.04 Å². The molecule has 0 fully saturated rings. The van der Waals surface area contributed by atoms with Gasteiger partial charge in [-0.1, -0.05) is 157 Å². The number of rotatable bonds is 53. The van der Waals surface area contributed by atoms with Crippen molar-refractivity contribution in [3.63, 3.8) is 0 Å². The normalized spacial score (nSPS) is 13.0. The summed E-state index contributed by atoms with van der Waals surface area (Å²) in [7, 11) is 4.11. The van der Waals surface area contributed by atoms with E-state index in [4.69, 9.17) is 23.7 Å². The van der Waals surface area contributed by atoms with Crippen LogP contribution in [0.25, 0.3) is 0 Å². The highest BCUT2D eigenvalue weighted by Crippen LogP contribution is 2.19. The van der Waals surface area contributed by atoms with Gasteiger partial charge in [-0.3, -0.25) is 28.8 Å². The first-order valence-electron chi connectivity index (χ1n) is 30.7. The van der Waals surface area contributed by atoms with Crippen LogP contribution in [0.15, 0.2) is 0 Å². The molecule has 0 N–H and O–H groups in total. The highest BCUT2D eigenvalue weighted by atomic mass is 16.6. The monoisotopic (exact) mass is 1050 g/mol. The molecule has 0 aromatic carbocycles. The molecule has 3 unspecified atom stereocenters. The molecule has 0 aliphatic rings. The third-order valence-electron chi connectivity index (χ3n) is 14.0. The first kappa shape index (κ1) is 70.8. The quantitative estimate of drug-likeness (QED) is 0.0323. The maximum Gasteiger partial charge on any atom is 0.306 e. The predicted molar refractivity (Wildman–Crippen MR) is 300 cm³/mol. The zero-order valence-electron chi connectivity index (χ0n) is 49.1. The van der Waals surface area contributed by atoms with Crippen LogP contribution >= 0.6 is 0 Å². The van der Waals surface area contributed by atoms with Crippen molar-refractivity contribution in [3.05, 3.63) is 0 Å². The van der Waals surface area contributed by atoms with Gasteiger partial charge < -0.3 is 33.5 Å². The molecule has 1 amide bonds. The molecular formula is C61H114N2O11. The molecule has 3 atom stereocenters. The van der Waals surface area contributed by atoms with E-state index in [2.05, 4.69) is 60.5 Å². The number of carbonyl (C=O) groups is 6. The van der Waals surface area contributed by atoms with E-state index in [1.165, 1.54) is 0 Å². The molecule has 0 aromatic heterocycles. The van der Waals surface area contributed by atoms with Crippen LogP contribution < -0.4 is 0 Å². The molecular weight excluding hydrogens is 937 g/mol. The number of hydrogen-bond donors (Lipinski definition) is 0. The summed E-state index contributed by atoms with van der Waals surface area (Å²) in [6.07, 6.45) is 32.3. The van der Waals surface area contributed by atoms with Crippen LogP contribution in [0.2, 0.25) is 0 Å². The summed E-state index contributed by atoms with van der Waals surface area (Å²) < 4.78 is 29.0. The fourth-order valence-electron chi connectivity index (χ4n) is 9.22. The first-order valence-corrected chi connectivity index (χ1v) is 30.7.